The molecule has 2 amide bonds. The second kappa shape index (κ2) is 9.84. The van der Waals surface area contributed by atoms with Gasteiger partial charge in [0.25, 0.3) is 0 Å². The fourth-order valence-corrected chi connectivity index (χ4v) is 4.89. The quantitative estimate of drug-likeness (QED) is 0.745. The predicted octanol–water partition coefficient (Wildman–Crippen LogP) is 3.74. The van der Waals surface area contributed by atoms with Crippen LogP contribution in [0.5, 0.6) is 0 Å². The number of piperidine rings is 1. The standard InChI is InChI=1S/C25H30ClN3O2/c26-21-9-7-18(8-10-21)16-23(27)25(31)28-14-11-19(12-15-28)22-5-2-1-4-20(22)17-29-13-3-6-24(29)30/h1-2,4-5,7-10,19,23H,3,6,11-17,27H2. The van der Waals surface area contributed by atoms with Gasteiger partial charge in [0.05, 0.1) is 6.04 Å². The SMILES string of the molecule is NC(Cc1ccc(Cl)cc1)C(=O)N1CCC(c2ccccc2CN2CCCC2=O)CC1. The molecule has 164 valence electrons. The lowest BCUT2D eigenvalue weighted by molar-refractivity contribution is -0.133. The third kappa shape index (κ3) is 5.28. The molecule has 0 bridgehead atoms. The molecule has 0 aromatic heterocycles. The summed E-state index contributed by atoms with van der Waals surface area (Å²) in [4.78, 5) is 28.8. The van der Waals surface area contributed by atoms with E-state index < -0.39 is 6.04 Å². The second-order valence-corrected chi connectivity index (χ2v) is 9.09. The highest BCUT2D eigenvalue weighted by Crippen LogP contribution is 2.32. The molecule has 31 heavy (non-hydrogen) atoms. The van der Waals surface area contributed by atoms with E-state index in [9.17, 15) is 9.59 Å². The summed E-state index contributed by atoms with van der Waals surface area (Å²) in [5.41, 5.74) is 9.81. The van der Waals surface area contributed by atoms with E-state index in [1.165, 1.54) is 11.1 Å². The molecule has 0 aliphatic carbocycles. The molecule has 2 aliphatic heterocycles. The lowest BCUT2D eigenvalue weighted by Gasteiger charge is -2.34. The molecule has 2 fully saturated rings. The summed E-state index contributed by atoms with van der Waals surface area (Å²) in [6.45, 7) is 2.98. The molecule has 6 heteroatoms. The summed E-state index contributed by atoms with van der Waals surface area (Å²) in [5.74, 6) is 0.680. The molecule has 0 saturated carbocycles. The van der Waals surface area contributed by atoms with Crippen LogP contribution in [0.25, 0.3) is 0 Å². The minimum absolute atomic E-state index is 0.0179. The zero-order chi connectivity index (χ0) is 21.8. The molecule has 2 aromatic carbocycles. The molecule has 1 atom stereocenters. The van der Waals surface area contributed by atoms with Crippen LogP contribution in [0, 0.1) is 0 Å². The molecule has 4 rings (SSSR count). The maximum absolute atomic E-state index is 12.9. The van der Waals surface area contributed by atoms with E-state index in [-0.39, 0.29) is 11.8 Å². The van der Waals surface area contributed by atoms with Crippen LogP contribution in [0.1, 0.15) is 48.3 Å². The van der Waals surface area contributed by atoms with E-state index >= 15 is 0 Å². The van der Waals surface area contributed by atoms with Crippen molar-refractivity contribution in [1.29, 1.82) is 0 Å². The minimum atomic E-state index is -0.536. The smallest absolute Gasteiger partial charge is 0.239 e. The number of nitrogens with zero attached hydrogens (tertiary/aromatic N) is 2. The predicted molar refractivity (Wildman–Crippen MR) is 123 cm³/mol. The largest absolute Gasteiger partial charge is 0.341 e. The third-order valence-corrected chi connectivity index (χ3v) is 6.77. The number of nitrogens with two attached hydrogens (primary N) is 1. The molecule has 2 aromatic rings. The normalized spacial score (nSPS) is 18.5. The number of amides is 2. The Morgan fingerprint density at radius 2 is 1.77 bits per heavy atom. The van der Waals surface area contributed by atoms with Gasteiger partial charge in [-0.25, -0.2) is 0 Å². The van der Waals surface area contributed by atoms with Crippen LogP contribution in [0.2, 0.25) is 5.02 Å². The van der Waals surface area contributed by atoms with Crippen LogP contribution in [-0.2, 0) is 22.6 Å². The highest BCUT2D eigenvalue weighted by molar-refractivity contribution is 6.30. The lowest BCUT2D eigenvalue weighted by atomic mass is 9.86. The first-order valence-corrected chi connectivity index (χ1v) is 11.5. The van der Waals surface area contributed by atoms with Gasteiger partial charge in [-0.1, -0.05) is 48.0 Å². The van der Waals surface area contributed by atoms with Gasteiger partial charge in [0.2, 0.25) is 11.8 Å². The Bertz CT molecular complexity index is 923. The minimum Gasteiger partial charge on any atom is -0.341 e. The number of hydrogen-bond donors (Lipinski definition) is 1. The summed E-state index contributed by atoms with van der Waals surface area (Å²) >= 11 is 5.94. The van der Waals surface area contributed by atoms with Gasteiger partial charge < -0.3 is 15.5 Å². The van der Waals surface area contributed by atoms with Crippen LogP contribution in [-0.4, -0.2) is 47.3 Å². The number of halogens is 1. The van der Waals surface area contributed by atoms with E-state index in [1.54, 1.807) is 0 Å². The Balaban J connectivity index is 1.35. The fourth-order valence-electron chi connectivity index (χ4n) is 4.76. The van der Waals surface area contributed by atoms with Gasteiger partial charge in [-0.2, -0.15) is 0 Å². The molecule has 0 radical (unpaired) electrons. The number of likely N-dealkylation sites (tertiary alicyclic amines) is 2. The highest BCUT2D eigenvalue weighted by Gasteiger charge is 2.29. The van der Waals surface area contributed by atoms with Crippen molar-refractivity contribution in [3.63, 3.8) is 0 Å². The zero-order valence-corrected chi connectivity index (χ0v) is 18.6. The Morgan fingerprint density at radius 1 is 1.06 bits per heavy atom. The Morgan fingerprint density at radius 3 is 2.45 bits per heavy atom. The van der Waals surface area contributed by atoms with Gasteiger partial charge in [0.15, 0.2) is 0 Å². The monoisotopic (exact) mass is 439 g/mol. The Hall–Kier alpha value is -2.37. The number of carbonyl (C=O) groups is 2. The van der Waals surface area contributed by atoms with Crippen molar-refractivity contribution in [3.8, 4) is 0 Å². The van der Waals surface area contributed by atoms with E-state index in [0.717, 1.165) is 44.5 Å². The first-order chi connectivity index (χ1) is 15.0. The van der Waals surface area contributed by atoms with Crippen LogP contribution in [0.3, 0.4) is 0 Å². The van der Waals surface area contributed by atoms with Crippen molar-refractivity contribution in [2.45, 2.75) is 50.6 Å². The Labute approximate surface area is 189 Å². The molecule has 1 unspecified atom stereocenters. The van der Waals surface area contributed by atoms with Gasteiger partial charge in [-0.3, -0.25) is 9.59 Å². The second-order valence-electron chi connectivity index (χ2n) is 8.65. The topological polar surface area (TPSA) is 66.6 Å². The van der Waals surface area contributed by atoms with Gasteiger partial charge in [-0.15, -0.1) is 0 Å². The molecule has 2 aliphatic rings. The van der Waals surface area contributed by atoms with Gasteiger partial charge in [0.1, 0.15) is 0 Å². The van der Waals surface area contributed by atoms with E-state index in [0.29, 0.717) is 30.3 Å². The number of rotatable bonds is 6. The van der Waals surface area contributed by atoms with Crippen molar-refractivity contribution in [1.82, 2.24) is 9.80 Å². The van der Waals surface area contributed by atoms with Gasteiger partial charge in [-0.05, 0) is 60.4 Å². The summed E-state index contributed by atoms with van der Waals surface area (Å²) in [7, 11) is 0. The lowest BCUT2D eigenvalue weighted by Crippen LogP contribution is -2.47. The third-order valence-electron chi connectivity index (χ3n) is 6.52. The molecular formula is C25H30ClN3O2. The Kier molecular flexibility index (Phi) is 6.93. The molecule has 2 N–H and O–H groups in total. The van der Waals surface area contributed by atoms with E-state index in [1.807, 2.05) is 40.1 Å². The van der Waals surface area contributed by atoms with Gasteiger partial charge in [0, 0.05) is 37.6 Å². The van der Waals surface area contributed by atoms with Crippen molar-refractivity contribution in [3.05, 3.63) is 70.2 Å². The molecular weight excluding hydrogens is 410 g/mol. The van der Waals surface area contributed by atoms with Crippen LogP contribution >= 0.6 is 11.6 Å². The average Bonchev–Trinajstić information content (AvgIpc) is 3.19. The molecule has 2 heterocycles. The summed E-state index contributed by atoms with van der Waals surface area (Å²) < 4.78 is 0. The van der Waals surface area contributed by atoms with Crippen molar-refractivity contribution in [2.24, 2.45) is 5.73 Å². The summed E-state index contributed by atoms with van der Waals surface area (Å²) in [5, 5.41) is 0.681. The highest BCUT2D eigenvalue weighted by atomic mass is 35.5. The van der Waals surface area contributed by atoms with Gasteiger partial charge >= 0.3 is 0 Å². The summed E-state index contributed by atoms with van der Waals surface area (Å²) in [6, 6.07) is 15.4. The van der Waals surface area contributed by atoms with Crippen LogP contribution in [0.4, 0.5) is 0 Å². The number of hydrogen-bond acceptors (Lipinski definition) is 3. The van der Waals surface area contributed by atoms with Crippen LogP contribution in [0.15, 0.2) is 48.5 Å². The average molecular weight is 440 g/mol. The molecule has 2 saturated heterocycles. The summed E-state index contributed by atoms with van der Waals surface area (Å²) in [6.07, 6.45) is 3.98. The van der Waals surface area contributed by atoms with Crippen LogP contribution < -0.4 is 5.73 Å². The maximum atomic E-state index is 12.9. The van der Waals surface area contributed by atoms with Crippen molar-refractivity contribution < 1.29 is 9.59 Å². The zero-order valence-electron chi connectivity index (χ0n) is 17.8. The van der Waals surface area contributed by atoms with Crippen molar-refractivity contribution in [2.75, 3.05) is 19.6 Å². The molecule has 0 spiro atoms. The van der Waals surface area contributed by atoms with E-state index in [2.05, 4.69) is 18.2 Å². The first kappa shape index (κ1) is 21.8. The first-order valence-electron chi connectivity index (χ1n) is 11.2. The number of carbonyl (C=O) groups excluding carboxylic acids is 2. The van der Waals surface area contributed by atoms with Crippen molar-refractivity contribution >= 4 is 23.4 Å². The molecule has 5 nitrogen and oxygen atoms in total. The maximum Gasteiger partial charge on any atom is 0.239 e. The number of benzene rings is 2. The fraction of sp³-hybridized carbons (Fsp3) is 0.440. The van der Waals surface area contributed by atoms with E-state index in [4.69, 9.17) is 17.3 Å².